The highest BCUT2D eigenvalue weighted by molar-refractivity contribution is 7.09. The van der Waals surface area contributed by atoms with Crippen LogP contribution in [0.2, 0.25) is 0 Å². The fourth-order valence-corrected chi connectivity index (χ4v) is 2.49. The van der Waals surface area contributed by atoms with Crippen LogP contribution in [0.5, 0.6) is 0 Å². The van der Waals surface area contributed by atoms with Gasteiger partial charge in [0.15, 0.2) is 0 Å². The van der Waals surface area contributed by atoms with Crippen molar-refractivity contribution in [3.05, 3.63) is 16.6 Å². The van der Waals surface area contributed by atoms with Crippen molar-refractivity contribution in [1.29, 1.82) is 0 Å². The quantitative estimate of drug-likeness (QED) is 0.802. The molecule has 1 saturated heterocycles. The highest BCUT2D eigenvalue weighted by atomic mass is 32.1. The van der Waals surface area contributed by atoms with E-state index in [1.807, 2.05) is 11.7 Å². The molecule has 3 nitrogen and oxygen atoms in total. The molecule has 0 saturated carbocycles. The Morgan fingerprint density at radius 3 is 3.21 bits per heavy atom. The lowest BCUT2D eigenvalue weighted by molar-refractivity contribution is 0.163. The van der Waals surface area contributed by atoms with Gasteiger partial charge in [-0.05, 0) is 18.9 Å². The fraction of sp³-hybridized carbons (Fsp3) is 0.700. The molecule has 1 aromatic rings. The zero-order valence-electron chi connectivity index (χ0n) is 8.52. The Labute approximate surface area is 88.9 Å². The van der Waals surface area contributed by atoms with E-state index in [0.29, 0.717) is 12.0 Å². The molecule has 2 atom stereocenters. The molecule has 0 aromatic carbocycles. The zero-order valence-corrected chi connectivity index (χ0v) is 9.33. The molecule has 1 aromatic heterocycles. The van der Waals surface area contributed by atoms with Gasteiger partial charge in [-0.2, -0.15) is 0 Å². The van der Waals surface area contributed by atoms with Crippen LogP contribution >= 0.6 is 11.3 Å². The van der Waals surface area contributed by atoms with E-state index in [2.05, 4.69) is 16.8 Å². The average Bonchev–Trinajstić information content (AvgIpc) is 2.64. The fourth-order valence-electron chi connectivity index (χ4n) is 1.85. The van der Waals surface area contributed by atoms with Crippen molar-refractivity contribution in [2.24, 2.45) is 11.7 Å². The van der Waals surface area contributed by atoms with Gasteiger partial charge in [0, 0.05) is 30.2 Å². The molecule has 14 heavy (non-hydrogen) atoms. The van der Waals surface area contributed by atoms with Crippen LogP contribution in [0.1, 0.15) is 18.2 Å². The molecule has 0 spiro atoms. The first kappa shape index (κ1) is 10.1. The second kappa shape index (κ2) is 4.38. The predicted octanol–water partition coefficient (Wildman–Crippen LogP) is 1.31. The van der Waals surface area contributed by atoms with Crippen LogP contribution in [0, 0.1) is 5.92 Å². The highest BCUT2D eigenvalue weighted by Crippen LogP contribution is 2.18. The molecular weight excluding hydrogens is 194 g/mol. The van der Waals surface area contributed by atoms with Gasteiger partial charge in [-0.1, -0.05) is 6.92 Å². The van der Waals surface area contributed by atoms with Crippen molar-refractivity contribution < 1.29 is 0 Å². The van der Waals surface area contributed by atoms with Crippen molar-refractivity contribution in [1.82, 2.24) is 9.88 Å². The van der Waals surface area contributed by atoms with Gasteiger partial charge in [-0.25, -0.2) is 0 Å². The summed E-state index contributed by atoms with van der Waals surface area (Å²) in [4.78, 5) is 7.85. The average molecular weight is 211 g/mol. The molecule has 0 amide bonds. The minimum Gasteiger partial charge on any atom is -0.326 e. The largest absolute Gasteiger partial charge is 0.326 e. The number of hydrogen-bond donors (Lipinski definition) is 1. The Kier molecular flexibility index (Phi) is 3.15. The first-order valence-corrected chi connectivity index (χ1v) is 5.99. The van der Waals surface area contributed by atoms with Crippen LogP contribution in [-0.2, 0) is 6.54 Å². The number of hydrogen-bond acceptors (Lipinski definition) is 4. The minimum atomic E-state index is 0.344. The number of aromatic nitrogens is 1. The molecule has 1 aliphatic rings. The number of nitrogens with two attached hydrogens (primary N) is 1. The number of thiazole rings is 1. The molecule has 2 heterocycles. The van der Waals surface area contributed by atoms with Crippen molar-refractivity contribution in [3.8, 4) is 0 Å². The SMILES string of the molecule is CC1CCN(Cc2cncs2)CC1N. The van der Waals surface area contributed by atoms with Crippen molar-refractivity contribution in [2.75, 3.05) is 13.1 Å². The molecule has 2 N–H and O–H groups in total. The summed E-state index contributed by atoms with van der Waals surface area (Å²) in [6.45, 7) is 5.46. The molecule has 0 radical (unpaired) electrons. The van der Waals surface area contributed by atoms with Crippen LogP contribution in [-0.4, -0.2) is 29.0 Å². The zero-order chi connectivity index (χ0) is 9.97. The highest BCUT2D eigenvalue weighted by Gasteiger charge is 2.22. The Morgan fingerprint density at radius 1 is 1.71 bits per heavy atom. The van der Waals surface area contributed by atoms with E-state index in [-0.39, 0.29) is 0 Å². The monoisotopic (exact) mass is 211 g/mol. The van der Waals surface area contributed by atoms with Crippen molar-refractivity contribution in [2.45, 2.75) is 25.9 Å². The Bertz CT molecular complexity index is 273. The predicted molar refractivity (Wildman–Crippen MR) is 59.1 cm³/mol. The second-order valence-electron chi connectivity index (χ2n) is 4.13. The molecular formula is C10H17N3S. The Morgan fingerprint density at radius 2 is 2.57 bits per heavy atom. The topological polar surface area (TPSA) is 42.2 Å². The number of piperidine rings is 1. The van der Waals surface area contributed by atoms with E-state index in [4.69, 9.17) is 5.73 Å². The first-order valence-electron chi connectivity index (χ1n) is 5.11. The maximum atomic E-state index is 6.04. The molecule has 4 heteroatoms. The Hall–Kier alpha value is -0.450. The summed E-state index contributed by atoms with van der Waals surface area (Å²) in [6.07, 6.45) is 3.17. The van der Waals surface area contributed by atoms with E-state index in [9.17, 15) is 0 Å². The van der Waals surface area contributed by atoms with E-state index in [0.717, 1.165) is 13.1 Å². The standard InChI is InChI=1S/C10H17N3S/c1-8-2-3-13(6-10(8)11)5-9-4-12-7-14-9/h4,7-8,10H,2-3,5-6,11H2,1H3. The number of nitrogens with zero attached hydrogens (tertiary/aromatic N) is 2. The van der Waals surface area contributed by atoms with Crippen LogP contribution in [0.15, 0.2) is 11.7 Å². The summed E-state index contributed by atoms with van der Waals surface area (Å²) in [5, 5.41) is 0. The van der Waals surface area contributed by atoms with Crippen molar-refractivity contribution >= 4 is 11.3 Å². The third-order valence-electron chi connectivity index (χ3n) is 2.96. The number of rotatable bonds is 2. The van der Waals surface area contributed by atoms with Gasteiger partial charge in [0.05, 0.1) is 5.51 Å². The molecule has 78 valence electrons. The maximum absolute atomic E-state index is 6.04. The van der Waals surface area contributed by atoms with Gasteiger partial charge in [-0.15, -0.1) is 11.3 Å². The normalized spacial score (nSPS) is 29.3. The minimum absolute atomic E-state index is 0.344. The summed E-state index contributed by atoms with van der Waals surface area (Å²) in [5.41, 5.74) is 7.93. The maximum Gasteiger partial charge on any atom is 0.0794 e. The van der Waals surface area contributed by atoms with Gasteiger partial charge in [-0.3, -0.25) is 9.88 Å². The Balaban J connectivity index is 1.88. The molecule has 0 bridgehead atoms. The van der Waals surface area contributed by atoms with Crippen molar-refractivity contribution in [3.63, 3.8) is 0 Å². The van der Waals surface area contributed by atoms with Gasteiger partial charge in [0.2, 0.25) is 0 Å². The third kappa shape index (κ3) is 2.32. The third-order valence-corrected chi connectivity index (χ3v) is 3.73. The van der Waals surface area contributed by atoms with Gasteiger partial charge < -0.3 is 5.73 Å². The van der Waals surface area contributed by atoms with Crippen LogP contribution in [0.25, 0.3) is 0 Å². The van der Waals surface area contributed by atoms with E-state index >= 15 is 0 Å². The smallest absolute Gasteiger partial charge is 0.0794 e. The van der Waals surface area contributed by atoms with E-state index in [1.165, 1.54) is 17.8 Å². The molecule has 0 aliphatic carbocycles. The van der Waals surface area contributed by atoms with E-state index < -0.39 is 0 Å². The summed E-state index contributed by atoms with van der Waals surface area (Å²) in [7, 11) is 0. The van der Waals surface area contributed by atoms with E-state index in [1.54, 1.807) is 11.3 Å². The molecule has 2 rings (SSSR count). The lowest BCUT2D eigenvalue weighted by Gasteiger charge is -2.34. The first-order chi connectivity index (χ1) is 6.75. The number of likely N-dealkylation sites (tertiary alicyclic amines) is 1. The van der Waals surface area contributed by atoms with Gasteiger partial charge >= 0.3 is 0 Å². The van der Waals surface area contributed by atoms with Crippen LogP contribution < -0.4 is 5.73 Å². The lowest BCUT2D eigenvalue weighted by Crippen LogP contribution is -2.46. The summed E-state index contributed by atoms with van der Waals surface area (Å²) >= 11 is 1.73. The van der Waals surface area contributed by atoms with Gasteiger partial charge in [0.25, 0.3) is 0 Å². The lowest BCUT2D eigenvalue weighted by atomic mass is 9.94. The van der Waals surface area contributed by atoms with Gasteiger partial charge in [0.1, 0.15) is 0 Å². The van der Waals surface area contributed by atoms with Crippen LogP contribution in [0.4, 0.5) is 0 Å². The molecule has 1 aliphatic heterocycles. The second-order valence-corrected chi connectivity index (χ2v) is 5.10. The summed E-state index contributed by atoms with van der Waals surface area (Å²) in [6, 6.07) is 0.344. The van der Waals surface area contributed by atoms with Crippen LogP contribution in [0.3, 0.4) is 0 Å². The summed E-state index contributed by atoms with van der Waals surface area (Å²) < 4.78 is 0. The molecule has 1 fully saturated rings. The molecule has 2 unspecified atom stereocenters. The summed E-state index contributed by atoms with van der Waals surface area (Å²) in [5.74, 6) is 0.674.